The number of aromatic nitrogens is 1. The van der Waals surface area contributed by atoms with Crippen molar-refractivity contribution < 1.29 is 9.53 Å². The summed E-state index contributed by atoms with van der Waals surface area (Å²) >= 11 is 7.79. The molecule has 0 aliphatic carbocycles. The number of nitrogens with zero attached hydrogens (tertiary/aromatic N) is 2. The zero-order valence-corrected chi connectivity index (χ0v) is 15.4. The van der Waals surface area contributed by atoms with E-state index in [9.17, 15) is 4.79 Å². The molecule has 2 heterocycles. The van der Waals surface area contributed by atoms with E-state index in [-0.39, 0.29) is 11.9 Å². The zero-order chi connectivity index (χ0) is 17.6. The molecule has 1 amide bonds. The zero-order valence-electron chi connectivity index (χ0n) is 13.8. The minimum absolute atomic E-state index is 0.00540. The molecule has 1 aromatic carbocycles. The van der Waals surface area contributed by atoms with Gasteiger partial charge in [-0.1, -0.05) is 29.8 Å². The van der Waals surface area contributed by atoms with Gasteiger partial charge in [0.15, 0.2) is 0 Å². The van der Waals surface area contributed by atoms with E-state index in [0.29, 0.717) is 37.0 Å². The molecule has 3 N–H and O–H groups in total. The highest BCUT2D eigenvalue weighted by molar-refractivity contribution is 7.09. The molecule has 6 nitrogen and oxygen atoms in total. The molecule has 1 aromatic heterocycles. The third kappa shape index (κ3) is 4.56. The lowest BCUT2D eigenvalue weighted by Crippen LogP contribution is -2.44. The highest BCUT2D eigenvalue weighted by Crippen LogP contribution is 2.27. The van der Waals surface area contributed by atoms with Gasteiger partial charge in [0.2, 0.25) is 0 Å². The molecule has 1 aliphatic rings. The van der Waals surface area contributed by atoms with E-state index >= 15 is 0 Å². The third-order valence-corrected chi connectivity index (χ3v) is 5.38. The Kier molecular flexibility index (Phi) is 6.39. The van der Waals surface area contributed by atoms with Crippen LogP contribution in [0.4, 0.5) is 0 Å². The van der Waals surface area contributed by atoms with Crippen molar-refractivity contribution in [2.45, 2.75) is 12.6 Å². The highest BCUT2D eigenvalue weighted by Gasteiger charge is 2.25. The van der Waals surface area contributed by atoms with Crippen LogP contribution in [-0.4, -0.2) is 48.6 Å². The molecule has 1 aliphatic heterocycles. The molecule has 0 radical (unpaired) electrons. The van der Waals surface area contributed by atoms with Crippen molar-refractivity contribution in [3.63, 3.8) is 0 Å². The summed E-state index contributed by atoms with van der Waals surface area (Å²) in [6.07, 6.45) is 0. The van der Waals surface area contributed by atoms with Crippen LogP contribution in [0.15, 0.2) is 29.6 Å². The number of hydrogen-bond donors (Lipinski definition) is 2. The molecular formula is C17H21ClN4O2S. The fourth-order valence-corrected chi connectivity index (χ4v) is 3.78. The minimum atomic E-state index is -0.193. The number of halogens is 1. The van der Waals surface area contributed by atoms with Gasteiger partial charge in [-0.2, -0.15) is 0 Å². The Morgan fingerprint density at radius 1 is 1.40 bits per heavy atom. The summed E-state index contributed by atoms with van der Waals surface area (Å²) in [4.78, 5) is 18.9. The maximum Gasteiger partial charge on any atom is 0.270 e. The first-order chi connectivity index (χ1) is 12.2. The number of morpholine rings is 1. The number of nitrogens with two attached hydrogens (primary N) is 1. The molecule has 134 valence electrons. The number of carbonyl (C=O) groups is 1. The van der Waals surface area contributed by atoms with Gasteiger partial charge in [-0.15, -0.1) is 11.3 Å². The predicted molar refractivity (Wildman–Crippen MR) is 98.9 cm³/mol. The van der Waals surface area contributed by atoms with Crippen molar-refractivity contribution in [1.82, 2.24) is 15.2 Å². The van der Waals surface area contributed by atoms with Crippen LogP contribution >= 0.6 is 22.9 Å². The highest BCUT2D eigenvalue weighted by atomic mass is 35.5. The minimum Gasteiger partial charge on any atom is -0.379 e. The van der Waals surface area contributed by atoms with Crippen LogP contribution in [0.2, 0.25) is 5.02 Å². The standard InChI is InChI=1S/C17H21ClN4O2S/c18-13-4-2-1-3-12(13)15(22-5-7-24-8-6-22)10-20-17(23)14-11-25-16(9-19)21-14/h1-4,11,15H,5-10,19H2,(H,20,23). The number of rotatable bonds is 6. The average molecular weight is 381 g/mol. The SMILES string of the molecule is NCc1nc(C(=O)NCC(c2ccccc2Cl)N2CCOCC2)cs1. The third-order valence-electron chi connectivity index (χ3n) is 4.17. The molecule has 8 heteroatoms. The molecule has 1 atom stereocenters. The van der Waals surface area contributed by atoms with Crippen LogP contribution in [0.5, 0.6) is 0 Å². The Bertz CT molecular complexity index is 718. The summed E-state index contributed by atoms with van der Waals surface area (Å²) in [6.45, 7) is 3.77. The fourth-order valence-electron chi connectivity index (χ4n) is 2.86. The van der Waals surface area contributed by atoms with E-state index in [1.807, 2.05) is 24.3 Å². The van der Waals surface area contributed by atoms with Crippen molar-refractivity contribution in [3.8, 4) is 0 Å². The number of amides is 1. The maximum atomic E-state index is 12.4. The normalized spacial score (nSPS) is 16.6. The second-order valence-electron chi connectivity index (χ2n) is 5.73. The Morgan fingerprint density at radius 3 is 2.84 bits per heavy atom. The Labute approximate surface area is 155 Å². The molecule has 3 rings (SSSR count). The quantitative estimate of drug-likeness (QED) is 0.801. The van der Waals surface area contributed by atoms with Gasteiger partial charge in [-0.05, 0) is 11.6 Å². The number of ether oxygens (including phenoxy) is 1. The van der Waals surface area contributed by atoms with Gasteiger partial charge in [0.1, 0.15) is 10.7 Å². The van der Waals surface area contributed by atoms with E-state index in [1.165, 1.54) is 11.3 Å². The smallest absolute Gasteiger partial charge is 0.270 e. The molecule has 2 aromatic rings. The van der Waals surface area contributed by atoms with Crippen molar-refractivity contribution in [2.75, 3.05) is 32.8 Å². The van der Waals surface area contributed by atoms with Gasteiger partial charge in [-0.3, -0.25) is 9.69 Å². The van der Waals surface area contributed by atoms with Crippen LogP contribution in [0.25, 0.3) is 0 Å². The van der Waals surface area contributed by atoms with Gasteiger partial charge in [0.05, 0.1) is 19.3 Å². The van der Waals surface area contributed by atoms with Gasteiger partial charge in [0, 0.05) is 36.6 Å². The topological polar surface area (TPSA) is 80.5 Å². The molecule has 1 fully saturated rings. The van der Waals surface area contributed by atoms with Gasteiger partial charge in [-0.25, -0.2) is 4.98 Å². The largest absolute Gasteiger partial charge is 0.379 e. The van der Waals surface area contributed by atoms with Gasteiger partial charge < -0.3 is 15.8 Å². The van der Waals surface area contributed by atoms with E-state index in [0.717, 1.165) is 23.7 Å². The first-order valence-electron chi connectivity index (χ1n) is 8.18. The second-order valence-corrected chi connectivity index (χ2v) is 7.08. The van der Waals surface area contributed by atoms with Crippen LogP contribution in [-0.2, 0) is 11.3 Å². The first kappa shape index (κ1) is 18.3. The first-order valence-corrected chi connectivity index (χ1v) is 9.43. The van der Waals surface area contributed by atoms with Crippen molar-refractivity contribution in [2.24, 2.45) is 5.73 Å². The number of carbonyl (C=O) groups excluding carboxylic acids is 1. The van der Waals surface area contributed by atoms with E-state index < -0.39 is 0 Å². The van der Waals surface area contributed by atoms with E-state index in [1.54, 1.807) is 5.38 Å². The summed E-state index contributed by atoms with van der Waals surface area (Å²) in [5, 5.41) is 6.17. The van der Waals surface area contributed by atoms with Crippen molar-refractivity contribution in [3.05, 3.63) is 50.9 Å². The Hall–Kier alpha value is -1.51. The number of thiazole rings is 1. The Morgan fingerprint density at radius 2 is 2.16 bits per heavy atom. The molecule has 25 heavy (non-hydrogen) atoms. The lowest BCUT2D eigenvalue weighted by atomic mass is 10.0. The van der Waals surface area contributed by atoms with Crippen LogP contribution in [0.1, 0.15) is 27.1 Å². The predicted octanol–water partition coefficient (Wildman–Crippen LogP) is 2.06. The van der Waals surface area contributed by atoms with Crippen molar-refractivity contribution >= 4 is 28.8 Å². The summed E-state index contributed by atoms with van der Waals surface area (Å²) in [5.41, 5.74) is 6.97. The lowest BCUT2D eigenvalue weighted by Gasteiger charge is -2.35. The van der Waals surface area contributed by atoms with E-state index in [4.69, 9.17) is 22.1 Å². The van der Waals surface area contributed by atoms with Gasteiger partial charge in [0.25, 0.3) is 5.91 Å². The van der Waals surface area contributed by atoms with E-state index in [2.05, 4.69) is 15.2 Å². The summed E-state index contributed by atoms with van der Waals surface area (Å²) < 4.78 is 5.44. The summed E-state index contributed by atoms with van der Waals surface area (Å²) in [7, 11) is 0. The summed E-state index contributed by atoms with van der Waals surface area (Å²) in [5.74, 6) is -0.193. The number of benzene rings is 1. The molecule has 0 spiro atoms. The van der Waals surface area contributed by atoms with Gasteiger partial charge >= 0.3 is 0 Å². The van der Waals surface area contributed by atoms with Crippen LogP contribution in [0, 0.1) is 0 Å². The maximum absolute atomic E-state index is 12.4. The summed E-state index contributed by atoms with van der Waals surface area (Å²) in [6, 6.07) is 7.74. The molecule has 0 bridgehead atoms. The molecule has 0 saturated carbocycles. The monoisotopic (exact) mass is 380 g/mol. The lowest BCUT2D eigenvalue weighted by molar-refractivity contribution is 0.0162. The molecule has 1 unspecified atom stereocenters. The average Bonchev–Trinajstić information content (AvgIpc) is 3.13. The second kappa shape index (κ2) is 8.73. The molecular weight excluding hydrogens is 360 g/mol. The fraction of sp³-hybridized carbons (Fsp3) is 0.412. The van der Waals surface area contributed by atoms with Crippen LogP contribution in [0.3, 0.4) is 0 Å². The number of nitrogens with one attached hydrogen (secondary N) is 1. The van der Waals surface area contributed by atoms with Crippen LogP contribution < -0.4 is 11.1 Å². The molecule has 1 saturated heterocycles. The van der Waals surface area contributed by atoms with Crippen molar-refractivity contribution in [1.29, 1.82) is 0 Å². The number of hydrogen-bond acceptors (Lipinski definition) is 6. The Balaban J connectivity index is 1.73.